The molecule has 1 aromatic carbocycles. The van der Waals surface area contributed by atoms with E-state index in [0.717, 1.165) is 21.9 Å². The average Bonchev–Trinajstić information content (AvgIpc) is 2.33. The highest BCUT2D eigenvalue weighted by Gasteiger charge is 2.14. The van der Waals surface area contributed by atoms with Gasteiger partial charge in [-0.2, -0.15) is 0 Å². The van der Waals surface area contributed by atoms with Gasteiger partial charge in [-0.25, -0.2) is 0 Å². The van der Waals surface area contributed by atoms with Crippen molar-refractivity contribution < 1.29 is 9.47 Å². The Morgan fingerprint density at radius 3 is 2.06 bits per heavy atom. The maximum atomic E-state index is 6.32. The molecule has 0 aliphatic heterocycles. The van der Waals surface area contributed by atoms with Crippen molar-refractivity contribution in [2.75, 3.05) is 19.8 Å². The highest BCUT2D eigenvalue weighted by Crippen LogP contribution is 2.36. The lowest BCUT2D eigenvalue weighted by molar-refractivity contribution is 0.110. The average molecular weight is 257 g/mol. The van der Waals surface area contributed by atoms with Crippen LogP contribution in [-0.2, 0) is 4.74 Å². The Bertz CT molecular complexity index is 371. The Balaban J connectivity index is 2.92. The van der Waals surface area contributed by atoms with Gasteiger partial charge in [-0.3, -0.25) is 0 Å². The maximum absolute atomic E-state index is 6.32. The maximum Gasteiger partial charge on any atom is 0.141 e. The minimum atomic E-state index is 0.538. The molecule has 0 aromatic heterocycles. The molecule has 96 valence electrons. The summed E-state index contributed by atoms with van der Waals surface area (Å²) in [6.07, 6.45) is 0. The Kier molecular flexibility index (Phi) is 5.29. The van der Waals surface area contributed by atoms with Gasteiger partial charge in [0.2, 0.25) is 0 Å². The van der Waals surface area contributed by atoms with E-state index in [1.54, 1.807) is 0 Å². The smallest absolute Gasteiger partial charge is 0.141 e. The lowest BCUT2D eigenvalue weighted by atomic mass is 9.98. The fraction of sp³-hybridized carbons (Fsp3) is 0.571. The van der Waals surface area contributed by atoms with Gasteiger partial charge in [0.05, 0.1) is 11.6 Å². The molecule has 0 aliphatic rings. The fourth-order valence-corrected chi connectivity index (χ4v) is 2.09. The van der Waals surface area contributed by atoms with E-state index in [2.05, 4.69) is 13.8 Å². The molecule has 0 N–H and O–H groups in total. The van der Waals surface area contributed by atoms with E-state index >= 15 is 0 Å². The summed E-state index contributed by atoms with van der Waals surface area (Å²) in [5.74, 6) is 0.798. The lowest BCUT2D eigenvalue weighted by Gasteiger charge is -2.17. The predicted octanol–water partition coefficient (Wildman–Crippen LogP) is 3.99. The zero-order valence-corrected chi connectivity index (χ0v) is 12.1. The van der Waals surface area contributed by atoms with E-state index in [9.17, 15) is 0 Å². The molecule has 1 rings (SSSR count). The van der Waals surface area contributed by atoms with Gasteiger partial charge in [-0.05, 0) is 56.9 Å². The van der Waals surface area contributed by atoms with Gasteiger partial charge in [-0.1, -0.05) is 11.6 Å². The van der Waals surface area contributed by atoms with Crippen molar-refractivity contribution in [3.63, 3.8) is 0 Å². The molecule has 0 spiro atoms. The van der Waals surface area contributed by atoms with Crippen molar-refractivity contribution >= 4 is 11.6 Å². The van der Waals surface area contributed by atoms with Crippen LogP contribution in [0.1, 0.15) is 29.2 Å². The minimum absolute atomic E-state index is 0.538. The van der Waals surface area contributed by atoms with Crippen LogP contribution in [0.5, 0.6) is 5.75 Å². The number of benzene rings is 1. The van der Waals surface area contributed by atoms with Gasteiger partial charge in [-0.15, -0.1) is 0 Å². The van der Waals surface area contributed by atoms with Gasteiger partial charge in [0.1, 0.15) is 12.4 Å². The zero-order chi connectivity index (χ0) is 13.0. The first kappa shape index (κ1) is 14.3. The Labute approximate surface area is 109 Å². The van der Waals surface area contributed by atoms with Crippen molar-refractivity contribution in [2.24, 2.45) is 0 Å². The van der Waals surface area contributed by atoms with Gasteiger partial charge in [0.15, 0.2) is 0 Å². The van der Waals surface area contributed by atoms with Crippen molar-refractivity contribution in [1.29, 1.82) is 0 Å². The third-order valence-corrected chi connectivity index (χ3v) is 3.69. The molecule has 0 heterocycles. The summed E-state index contributed by atoms with van der Waals surface area (Å²) in [4.78, 5) is 0. The van der Waals surface area contributed by atoms with E-state index in [4.69, 9.17) is 21.1 Å². The largest absolute Gasteiger partial charge is 0.489 e. The van der Waals surface area contributed by atoms with Gasteiger partial charge in [0, 0.05) is 6.61 Å². The normalized spacial score (nSPS) is 10.7. The number of hydrogen-bond donors (Lipinski definition) is 0. The molecule has 0 aliphatic carbocycles. The summed E-state index contributed by atoms with van der Waals surface area (Å²) in [5, 5.41) is 0.724. The van der Waals surface area contributed by atoms with Gasteiger partial charge in [0.25, 0.3) is 0 Å². The second kappa shape index (κ2) is 6.27. The summed E-state index contributed by atoms with van der Waals surface area (Å²) in [6, 6.07) is 0. The molecule has 0 saturated carbocycles. The predicted molar refractivity (Wildman–Crippen MR) is 72.4 cm³/mol. The van der Waals surface area contributed by atoms with Gasteiger partial charge >= 0.3 is 0 Å². The molecule has 0 bridgehead atoms. The summed E-state index contributed by atoms with van der Waals surface area (Å²) >= 11 is 6.32. The molecule has 0 saturated heterocycles. The Morgan fingerprint density at radius 2 is 1.47 bits per heavy atom. The van der Waals surface area contributed by atoms with Crippen molar-refractivity contribution in [3.8, 4) is 5.75 Å². The van der Waals surface area contributed by atoms with Crippen LogP contribution in [0.3, 0.4) is 0 Å². The van der Waals surface area contributed by atoms with E-state index in [0.29, 0.717) is 19.8 Å². The van der Waals surface area contributed by atoms with Crippen molar-refractivity contribution in [1.82, 2.24) is 0 Å². The molecule has 0 fully saturated rings. The van der Waals surface area contributed by atoms with Crippen LogP contribution < -0.4 is 4.74 Å². The van der Waals surface area contributed by atoms with E-state index in [-0.39, 0.29) is 0 Å². The zero-order valence-electron chi connectivity index (χ0n) is 11.3. The van der Waals surface area contributed by atoms with E-state index in [1.807, 2.05) is 20.8 Å². The molecule has 2 nitrogen and oxygen atoms in total. The lowest BCUT2D eigenvalue weighted by Crippen LogP contribution is -2.09. The van der Waals surface area contributed by atoms with E-state index in [1.165, 1.54) is 11.1 Å². The van der Waals surface area contributed by atoms with Crippen molar-refractivity contribution in [2.45, 2.75) is 34.6 Å². The van der Waals surface area contributed by atoms with Gasteiger partial charge < -0.3 is 9.47 Å². The second-order valence-corrected chi connectivity index (χ2v) is 4.57. The summed E-state index contributed by atoms with van der Waals surface area (Å²) in [6.45, 7) is 12.1. The highest BCUT2D eigenvalue weighted by molar-refractivity contribution is 6.33. The number of rotatable bonds is 5. The van der Waals surface area contributed by atoms with Crippen molar-refractivity contribution in [3.05, 3.63) is 27.3 Å². The first-order chi connectivity index (χ1) is 8.00. The monoisotopic (exact) mass is 256 g/mol. The molecular formula is C14H21ClO2. The third kappa shape index (κ3) is 3.14. The topological polar surface area (TPSA) is 18.5 Å². The first-order valence-corrected chi connectivity index (χ1v) is 6.34. The molecule has 17 heavy (non-hydrogen) atoms. The molecular weight excluding hydrogens is 236 g/mol. The number of hydrogen-bond acceptors (Lipinski definition) is 2. The molecule has 0 unspecified atom stereocenters. The second-order valence-electron chi connectivity index (χ2n) is 4.19. The van der Waals surface area contributed by atoms with Crippen LogP contribution in [-0.4, -0.2) is 19.8 Å². The summed E-state index contributed by atoms with van der Waals surface area (Å²) < 4.78 is 11.0. The van der Waals surface area contributed by atoms with Crippen LogP contribution in [0, 0.1) is 27.7 Å². The van der Waals surface area contributed by atoms with E-state index < -0.39 is 0 Å². The molecule has 0 atom stereocenters. The summed E-state index contributed by atoms with van der Waals surface area (Å²) in [7, 11) is 0. The first-order valence-electron chi connectivity index (χ1n) is 5.97. The highest BCUT2D eigenvalue weighted by atomic mass is 35.5. The Morgan fingerprint density at radius 1 is 0.882 bits per heavy atom. The SMILES string of the molecule is CCOCCOc1c(C)c(C)c(C)c(C)c1Cl. The molecule has 0 amide bonds. The quantitative estimate of drug-likeness (QED) is 0.742. The standard InChI is InChI=1S/C14H21ClO2/c1-6-16-7-8-17-14-12(5)10(3)9(2)11(4)13(14)15/h6-8H2,1-5H3. The number of ether oxygens (including phenoxy) is 2. The number of halogens is 1. The third-order valence-electron chi connectivity index (χ3n) is 3.23. The fourth-order valence-electron chi connectivity index (χ4n) is 1.75. The van der Waals surface area contributed by atoms with Crippen LogP contribution in [0.2, 0.25) is 5.02 Å². The summed E-state index contributed by atoms with van der Waals surface area (Å²) in [5.41, 5.74) is 4.71. The minimum Gasteiger partial charge on any atom is -0.489 e. The molecule has 0 radical (unpaired) electrons. The van der Waals surface area contributed by atoms with Crippen LogP contribution in [0.15, 0.2) is 0 Å². The van der Waals surface area contributed by atoms with Crippen LogP contribution >= 0.6 is 11.6 Å². The Hall–Kier alpha value is -0.730. The molecule has 3 heteroatoms. The van der Waals surface area contributed by atoms with Crippen LogP contribution in [0.25, 0.3) is 0 Å². The molecule has 1 aromatic rings. The van der Waals surface area contributed by atoms with Crippen LogP contribution in [0.4, 0.5) is 0 Å².